The average molecular weight is 399 g/mol. The highest BCUT2D eigenvalue weighted by atomic mass is 16.2. The molecule has 0 N–H and O–H groups in total. The zero-order valence-corrected chi connectivity index (χ0v) is 17.1. The fourth-order valence-corrected chi connectivity index (χ4v) is 3.87. The zero-order valence-electron chi connectivity index (χ0n) is 17.1. The molecule has 0 aliphatic carbocycles. The molecule has 4 rings (SSSR count). The molecule has 0 fully saturated rings. The number of rotatable bonds is 5. The maximum Gasteiger partial charge on any atom is 0.272 e. The lowest BCUT2D eigenvalue weighted by molar-refractivity contribution is 0.0746. The van der Waals surface area contributed by atoms with Gasteiger partial charge in [-0.2, -0.15) is 0 Å². The number of amides is 2. The maximum absolute atomic E-state index is 13.2. The van der Waals surface area contributed by atoms with E-state index in [1.165, 1.54) is 5.56 Å². The number of anilines is 1. The molecular weight excluding hydrogens is 374 g/mol. The van der Waals surface area contributed by atoms with Crippen molar-refractivity contribution >= 4 is 17.5 Å². The third-order valence-electron chi connectivity index (χ3n) is 5.47. The lowest BCUT2D eigenvalue weighted by atomic mass is 10.0. The largest absolute Gasteiger partial charge is 0.333 e. The summed E-state index contributed by atoms with van der Waals surface area (Å²) >= 11 is 0. The van der Waals surface area contributed by atoms with Crippen LogP contribution in [0.4, 0.5) is 5.69 Å². The van der Waals surface area contributed by atoms with Crippen LogP contribution in [0.25, 0.3) is 0 Å². The van der Waals surface area contributed by atoms with Crippen LogP contribution in [0.5, 0.6) is 0 Å². The van der Waals surface area contributed by atoms with Gasteiger partial charge in [-0.1, -0.05) is 48.5 Å². The molecule has 2 aromatic carbocycles. The smallest absolute Gasteiger partial charge is 0.272 e. The summed E-state index contributed by atoms with van der Waals surface area (Å²) in [5.74, 6) is -0.264. The van der Waals surface area contributed by atoms with E-state index in [0.29, 0.717) is 30.9 Å². The van der Waals surface area contributed by atoms with Crippen molar-refractivity contribution in [2.45, 2.75) is 26.3 Å². The Kier molecular flexibility index (Phi) is 5.89. The van der Waals surface area contributed by atoms with Crippen molar-refractivity contribution in [3.8, 4) is 0 Å². The van der Waals surface area contributed by atoms with Crippen LogP contribution < -0.4 is 4.90 Å². The molecule has 0 atom stereocenters. The van der Waals surface area contributed by atoms with Crippen molar-refractivity contribution in [2.75, 3.05) is 18.0 Å². The van der Waals surface area contributed by atoms with E-state index in [1.54, 1.807) is 23.2 Å². The lowest BCUT2D eigenvalue weighted by Crippen LogP contribution is -2.36. The van der Waals surface area contributed by atoms with Crippen LogP contribution in [0.2, 0.25) is 0 Å². The van der Waals surface area contributed by atoms with Gasteiger partial charge in [0.1, 0.15) is 5.69 Å². The van der Waals surface area contributed by atoms with Gasteiger partial charge in [-0.25, -0.2) is 0 Å². The molecule has 0 bridgehead atoms. The van der Waals surface area contributed by atoms with Crippen LogP contribution in [-0.4, -0.2) is 34.8 Å². The minimum atomic E-state index is -0.171. The van der Waals surface area contributed by atoms with Gasteiger partial charge < -0.3 is 9.80 Å². The van der Waals surface area contributed by atoms with Crippen molar-refractivity contribution in [2.24, 2.45) is 0 Å². The molecule has 30 heavy (non-hydrogen) atoms. The van der Waals surface area contributed by atoms with Crippen molar-refractivity contribution in [1.29, 1.82) is 0 Å². The molecule has 5 heteroatoms. The van der Waals surface area contributed by atoms with E-state index in [2.05, 4.69) is 11.1 Å². The third kappa shape index (κ3) is 4.10. The Hall–Kier alpha value is -3.47. The summed E-state index contributed by atoms with van der Waals surface area (Å²) in [6, 6.07) is 21.2. The number of aryl methyl sites for hydroxylation is 1. The third-order valence-corrected chi connectivity index (χ3v) is 5.47. The van der Waals surface area contributed by atoms with Crippen molar-refractivity contribution in [1.82, 2.24) is 9.88 Å². The summed E-state index contributed by atoms with van der Waals surface area (Å²) in [6.07, 6.45) is 3.46. The van der Waals surface area contributed by atoms with Crippen LogP contribution in [0.3, 0.4) is 0 Å². The zero-order chi connectivity index (χ0) is 20.9. The van der Waals surface area contributed by atoms with Gasteiger partial charge in [0.2, 0.25) is 0 Å². The predicted molar refractivity (Wildman–Crippen MR) is 118 cm³/mol. The van der Waals surface area contributed by atoms with Crippen LogP contribution in [-0.2, 0) is 13.0 Å². The molecule has 0 saturated heterocycles. The van der Waals surface area contributed by atoms with Gasteiger partial charge in [-0.3, -0.25) is 14.6 Å². The van der Waals surface area contributed by atoms with E-state index in [1.807, 2.05) is 60.4 Å². The summed E-state index contributed by atoms with van der Waals surface area (Å²) < 4.78 is 0. The topological polar surface area (TPSA) is 53.5 Å². The number of fused-ring (bicyclic) bond motifs is 1. The van der Waals surface area contributed by atoms with Gasteiger partial charge in [-0.15, -0.1) is 0 Å². The second-order valence-corrected chi connectivity index (χ2v) is 7.42. The SMILES string of the molecule is CCN(Cc1ccccc1)C(=O)c1cc(C(=O)N2CCCc3ccccc32)ccn1. The van der Waals surface area contributed by atoms with E-state index >= 15 is 0 Å². The second-order valence-electron chi connectivity index (χ2n) is 7.42. The van der Waals surface area contributed by atoms with E-state index in [0.717, 1.165) is 24.1 Å². The van der Waals surface area contributed by atoms with Gasteiger partial charge >= 0.3 is 0 Å². The number of nitrogens with zero attached hydrogens (tertiary/aromatic N) is 3. The van der Waals surface area contributed by atoms with Gasteiger partial charge in [0, 0.05) is 37.1 Å². The Labute approximate surface area is 177 Å². The monoisotopic (exact) mass is 399 g/mol. The van der Waals surface area contributed by atoms with E-state index in [-0.39, 0.29) is 11.8 Å². The number of hydrogen-bond acceptors (Lipinski definition) is 3. The Morgan fingerprint density at radius 2 is 1.80 bits per heavy atom. The summed E-state index contributed by atoms with van der Waals surface area (Å²) in [5.41, 5.74) is 3.98. The van der Waals surface area contributed by atoms with E-state index < -0.39 is 0 Å². The molecule has 3 aromatic rings. The number of carbonyl (C=O) groups is 2. The first kappa shape index (κ1) is 19.8. The average Bonchev–Trinajstić information content (AvgIpc) is 2.82. The number of aromatic nitrogens is 1. The highest BCUT2D eigenvalue weighted by molar-refractivity contribution is 6.07. The highest BCUT2D eigenvalue weighted by Crippen LogP contribution is 2.28. The van der Waals surface area contributed by atoms with E-state index in [9.17, 15) is 9.59 Å². The molecule has 0 radical (unpaired) electrons. The molecule has 2 amide bonds. The van der Waals surface area contributed by atoms with Gasteiger partial charge in [-0.05, 0) is 49.1 Å². The quantitative estimate of drug-likeness (QED) is 0.641. The molecule has 0 spiro atoms. The predicted octanol–water partition coefficient (Wildman–Crippen LogP) is 4.34. The molecule has 1 aliphatic rings. The minimum absolute atomic E-state index is 0.0929. The summed E-state index contributed by atoms with van der Waals surface area (Å²) in [7, 11) is 0. The number of hydrogen-bond donors (Lipinski definition) is 0. The molecule has 2 heterocycles. The standard InChI is InChI=1S/C25H25N3O2/c1-2-27(18-19-9-4-3-5-10-19)25(30)22-17-21(14-15-26-22)24(29)28-16-8-12-20-11-6-7-13-23(20)28/h3-7,9-11,13-15,17H,2,8,12,16,18H2,1H3. The maximum atomic E-state index is 13.2. The van der Waals surface area contributed by atoms with Crippen LogP contribution in [0.1, 0.15) is 45.3 Å². The lowest BCUT2D eigenvalue weighted by Gasteiger charge is -2.29. The van der Waals surface area contributed by atoms with Gasteiger partial charge in [0.15, 0.2) is 0 Å². The van der Waals surface area contributed by atoms with Crippen molar-refractivity contribution < 1.29 is 9.59 Å². The Bertz CT molecular complexity index is 1050. The Balaban J connectivity index is 1.56. The molecule has 1 aliphatic heterocycles. The Morgan fingerprint density at radius 3 is 2.60 bits per heavy atom. The molecule has 5 nitrogen and oxygen atoms in total. The number of pyridine rings is 1. The fraction of sp³-hybridized carbons (Fsp3) is 0.240. The molecule has 1 aromatic heterocycles. The van der Waals surface area contributed by atoms with Gasteiger partial charge in [0.05, 0.1) is 0 Å². The first-order valence-corrected chi connectivity index (χ1v) is 10.4. The number of benzene rings is 2. The first-order valence-electron chi connectivity index (χ1n) is 10.4. The van der Waals surface area contributed by atoms with Crippen molar-refractivity contribution in [3.63, 3.8) is 0 Å². The first-order chi connectivity index (χ1) is 14.7. The van der Waals surface area contributed by atoms with Gasteiger partial charge in [0.25, 0.3) is 11.8 Å². The minimum Gasteiger partial charge on any atom is -0.333 e. The molecule has 0 saturated carbocycles. The fourth-order valence-electron chi connectivity index (χ4n) is 3.87. The summed E-state index contributed by atoms with van der Waals surface area (Å²) in [6.45, 7) is 3.69. The second kappa shape index (κ2) is 8.91. The van der Waals surface area contributed by atoms with Crippen molar-refractivity contribution in [3.05, 3.63) is 95.3 Å². The number of para-hydroxylation sites is 1. The van der Waals surface area contributed by atoms with E-state index in [4.69, 9.17) is 0 Å². The molecular formula is C25H25N3O2. The van der Waals surface area contributed by atoms with Crippen LogP contribution in [0.15, 0.2) is 72.9 Å². The highest BCUT2D eigenvalue weighted by Gasteiger charge is 2.24. The van der Waals surface area contributed by atoms with Crippen LogP contribution >= 0.6 is 0 Å². The summed E-state index contributed by atoms with van der Waals surface area (Å²) in [4.78, 5) is 34.1. The molecule has 0 unspecified atom stereocenters. The molecule has 152 valence electrons. The number of carbonyl (C=O) groups excluding carboxylic acids is 2. The Morgan fingerprint density at radius 1 is 1.03 bits per heavy atom. The normalized spacial score (nSPS) is 12.9. The summed E-state index contributed by atoms with van der Waals surface area (Å²) in [5, 5.41) is 0. The van der Waals surface area contributed by atoms with Crippen LogP contribution in [0, 0.1) is 0 Å².